The van der Waals surface area contributed by atoms with Gasteiger partial charge in [-0.15, -0.1) is 12.4 Å². The van der Waals surface area contributed by atoms with Crippen molar-refractivity contribution in [3.63, 3.8) is 0 Å². The van der Waals surface area contributed by atoms with Crippen LogP contribution in [0.4, 0.5) is 0 Å². The standard InChI is InChI=1S/C19H23NO.ClH/c1-14-8-15(2)10-18(9-14)21-13-17-11-20-12-19(17)16-6-4-3-5-7-16;/h3-10,17,19-20H,11-13H2,1-2H3;1H/t17-,19-;/m1./s1. The summed E-state index contributed by atoms with van der Waals surface area (Å²) in [5, 5.41) is 3.50. The Balaban J connectivity index is 0.00000176. The van der Waals surface area contributed by atoms with E-state index in [9.17, 15) is 0 Å². The molecule has 0 amide bonds. The molecule has 0 bridgehead atoms. The lowest BCUT2D eigenvalue weighted by molar-refractivity contribution is 0.248. The second kappa shape index (κ2) is 7.66. The van der Waals surface area contributed by atoms with Gasteiger partial charge in [-0.3, -0.25) is 0 Å². The first-order valence-corrected chi connectivity index (χ1v) is 7.69. The van der Waals surface area contributed by atoms with Gasteiger partial charge in [0.25, 0.3) is 0 Å². The molecular formula is C19H24ClNO. The SMILES string of the molecule is Cc1cc(C)cc(OC[C@H]2CNC[C@@H]2c2ccccc2)c1.Cl. The second-order valence-corrected chi connectivity index (χ2v) is 6.07. The normalized spacial score (nSPS) is 20.5. The van der Waals surface area contributed by atoms with Crippen molar-refractivity contribution < 1.29 is 4.74 Å². The molecule has 0 aliphatic carbocycles. The summed E-state index contributed by atoms with van der Waals surface area (Å²) in [4.78, 5) is 0. The highest BCUT2D eigenvalue weighted by Crippen LogP contribution is 2.29. The molecule has 2 nitrogen and oxygen atoms in total. The van der Waals surface area contributed by atoms with Gasteiger partial charge in [-0.05, 0) is 42.7 Å². The van der Waals surface area contributed by atoms with Crippen LogP contribution < -0.4 is 10.1 Å². The van der Waals surface area contributed by atoms with E-state index in [0.717, 1.165) is 25.4 Å². The average Bonchev–Trinajstić information content (AvgIpc) is 2.93. The van der Waals surface area contributed by atoms with E-state index in [1.807, 2.05) is 0 Å². The van der Waals surface area contributed by atoms with Crippen molar-refractivity contribution in [1.29, 1.82) is 0 Å². The Morgan fingerprint density at radius 3 is 2.36 bits per heavy atom. The summed E-state index contributed by atoms with van der Waals surface area (Å²) in [6.45, 7) is 7.08. The van der Waals surface area contributed by atoms with Crippen LogP contribution in [0.2, 0.25) is 0 Å². The molecule has 1 aliphatic rings. The van der Waals surface area contributed by atoms with E-state index >= 15 is 0 Å². The maximum atomic E-state index is 6.06. The maximum Gasteiger partial charge on any atom is 0.119 e. The summed E-state index contributed by atoms with van der Waals surface area (Å²) >= 11 is 0. The number of nitrogens with one attached hydrogen (secondary N) is 1. The van der Waals surface area contributed by atoms with Gasteiger partial charge in [0.05, 0.1) is 6.61 Å². The third-order valence-electron chi connectivity index (χ3n) is 4.23. The van der Waals surface area contributed by atoms with Crippen LogP contribution in [0.5, 0.6) is 5.75 Å². The third kappa shape index (κ3) is 4.02. The molecule has 0 aromatic heterocycles. The fraction of sp³-hybridized carbons (Fsp3) is 0.368. The highest BCUT2D eigenvalue weighted by atomic mass is 35.5. The summed E-state index contributed by atoms with van der Waals surface area (Å²) in [7, 11) is 0. The first-order valence-electron chi connectivity index (χ1n) is 7.69. The molecule has 1 heterocycles. The minimum atomic E-state index is 0. The van der Waals surface area contributed by atoms with Crippen molar-refractivity contribution >= 4 is 12.4 Å². The lowest BCUT2D eigenvalue weighted by Crippen LogP contribution is -2.19. The second-order valence-electron chi connectivity index (χ2n) is 6.07. The molecule has 2 aromatic carbocycles. The first kappa shape index (κ1) is 16.9. The number of hydrogen-bond donors (Lipinski definition) is 1. The van der Waals surface area contributed by atoms with Crippen LogP contribution in [0.3, 0.4) is 0 Å². The van der Waals surface area contributed by atoms with Gasteiger partial charge in [0.2, 0.25) is 0 Å². The Morgan fingerprint density at radius 1 is 1.00 bits per heavy atom. The number of aryl methyl sites for hydroxylation is 2. The van der Waals surface area contributed by atoms with Crippen molar-refractivity contribution in [2.24, 2.45) is 5.92 Å². The molecule has 1 saturated heterocycles. The van der Waals surface area contributed by atoms with Crippen molar-refractivity contribution in [3.05, 3.63) is 65.2 Å². The smallest absolute Gasteiger partial charge is 0.119 e. The van der Waals surface area contributed by atoms with Crippen molar-refractivity contribution in [2.75, 3.05) is 19.7 Å². The van der Waals surface area contributed by atoms with E-state index in [0.29, 0.717) is 11.8 Å². The quantitative estimate of drug-likeness (QED) is 0.916. The number of benzene rings is 2. The van der Waals surface area contributed by atoms with E-state index in [1.54, 1.807) is 0 Å². The predicted octanol–water partition coefficient (Wildman–Crippen LogP) is 4.11. The summed E-state index contributed by atoms with van der Waals surface area (Å²) in [5.41, 5.74) is 3.93. The Hall–Kier alpha value is -1.51. The number of rotatable bonds is 4. The van der Waals surface area contributed by atoms with Crippen molar-refractivity contribution in [1.82, 2.24) is 5.32 Å². The number of ether oxygens (including phenoxy) is 1. The lowest BCUT2D eigenvalue weighted by Gasteiger charge is -2.19. The maximum absolute atomic E-state index is 6.06. The van der Waals surface area contributed by atoms with Crippen molar-refractivity contribution in [2.45, 2.75) is 19.8 Å². The van der Waals surface area contributed by atoms with Gasteiger partial charge in [-0.1, -0.05) is 36.4 Å². The van der Waals surface area contributed by atoms with Gasteiger partial charge in [0.1, 0.15) is 5.75 Å². The number of hydrogen-bond acceptors (Lipinski definition) is 2. The van der Waals surface area contributed by atoms with Crippen LogP contribution in [-0.4, -0.2) is 19.7 Å². The van der Waals surface area contributed by atoms with E-state index in [4.69, 9.17) is 4.74 Å². The van der Waals surface area contributed by atoms with Gasteiger partial charge >= 0.3 is 0 Å². The fourth-order valence-corrected chi connectivity index (χ4v) is 3.22. The summed E-state index contributed by atoms with van der Waals surface area (Å²) in [6, 6.07) is 17.2. The van der Waals surface area contributed by atoms with E-state index in [-0.39, 0.29) is 12.4 Å². The van der Waals surface area contributed by atoms with Gasteiger partial charge in [0, 0.05) is 24.9 Å². The van der Waals surface area contributed by atoms with Crippen LogP contribution in [0.25, 0.3) is 0 Å². The number of halogens is 1. The highest BCUT2D eigenvalue weighted by Gasteiger charge is 2.28. The molecule has 118 valence electrons. The first-order chi connectivity index (χ1) is 10.2. The molecule has 3 rings (SSSR count). The van der Waals surface area contributed by atoms with E-state index in [1.165, 1.54) is 16.7 Å². The molecule has 22 heavy (non-hydrogen) atoms. The summed E-state index contributed by atoms with van der Waals surface area (Å²) in [6.07, 6.45) is 0. The van der Waals surface area contributed by atoms with Gasteiger partial charge in [0.15, 0.2) is 0 Å². The molecule has 3 heteroatoms. The zero-order chi connectivity index (χ0) is 14.7. The van der Waals surface area contributed by atoms with Gasteiger partial charge in [-0.25, -0.2) is 0 Å². The van der Waals surface area contributed by atoms with Crippen LogP contribution in [0.1, 0.15) is 22.6 Å². The lowest BCUT2D eigenvalue weighted by atomic mass is 9.89. The molecular weight excluding hydrogens is 294 g/mol. The Morgan fingerprint density at radius 2 is 1.68 bits per heavy atom. The molecule has 2 atom stereocenters. The van der Waals surface area contributed by atoms with Crippen LogP contribution in [0.15, 0.2) is 48.5 Å². The van der Waals surface area contributed by atoms with Crippen LogP contribution in [0, 0.1) is 19.8 Å². The Labute approximate surface area is 139 Å². The van der Waals surface area contributed by atoms with Gasteiger partial charge < -0.3 is 10.1 Å². The monoisotopic (exact) mass is 317 g/mol. The third-order valence-corrected chi connectivity index (χ3v) is 4.23. The molecule has 2 aromatic rings. The summed E-state index contributed by atoms with van der Waals surface area (Å²) in [5.74, 6) is 2.08. The Bertz CT molecular complexity index is 579. The molecule has 0 saturated carbocycles. The summed E-state index contributed by atoms with van der Waals surface area (Å²) < 4.78 is 6.06. The van der Waals surface area contributed by atoms with Crippen LogP contribution >= 0.6 is 12.4 Å². The topological polar surface area (TPSA) is 21.3 Å². The zero-order valence-corrected chi connectivity index (χ0v) is 14.0. The molecule has 1 aliphatic heterocycles. The predicted molar refractivity (Wildman–Crippen MR) is 94.2 cm³/mol. The van der Waals surface area contributed by atoms with E-state index < -0.39 is 0 Å². The van der Waals surface area contributed by atoms with Crippen LogP contribution in [-0.2, 0) is 0 Å². The molecule has 1 fully saturated rings. The highest BCUT2D eigenvalue weighted by molar-refractivity contribution is 5.85. The molecule has 0 unspecified atom stereocenters. The molecule has 0 radical (unpaired) electrons. The largest absolute Gasteiger partial charge is 0.493 e. The minimum Gasteiger partial charge on any atom is -0.493 e. The molecule has 1 N–H and O–H groups in total. The fourth-order valence-electron chi connectivity index (χ4n) is 3.22. The molecule has 0 spiro atoms. The minimum absolute atomic E-state index is 0. The van der Waals surface area contributed by atoms with Gasteiger partial charge in [-0.2, -0.15) is 0 Å². The van der Waals surface area contributed by atoms with E-state index in [2.05, 4.69) is 67.7 Å². The Kier molecular flexibility index (Phi) is 5.87. The van der Waals surface area contributed by atoms with Crippen molar-refractivity contribution in [3.8, 4) is 5.75 Å². The average molecular weight is 318 g/mol. The zero-order valence-electron chi connectivity index (χ0n) is 13.2.